The first kappa shape index (κ1) is 20.2. The number of hydrogen-bond acceptors (Lipinski definition) is 5. The quantitative estimate of drug-likeness (QED) is 0.655. The average molecular weight is 421 g/mol. The summed E-state index contributed by atoms with van der Waals surface area (Å²) in [4.78, 5) is 17.0. The molecule has 3 rings (SSSR count). The van der Waals surface area contributed by atoms with Crippen molar-refractivity contribution in [3.05, 3.63) is 57.7 Å². The maximum Gasteiger partial charge on any atom is 0.264 e. The van der Waals surface area contributed by atoms with Crippen LogP contribution in [0.1, 0.15) is 19.4 Å². The van der Waals surface area contributed by atoms with E-state index in [4.69, 9.17) is 21.1 Å². The van der Waals surface area contributed by atoms with E-state index in [2.05, 4.69) is 10.3 Å². The Bertz CT molecular complexity index is 945. The Balaban J connectivity index is 1.86. The molecule has 0 atom stereocenters. The first-order valence-electron chi connectivity index (χ1n) is 8.64. The number of nitrogens with zero attached hydrogens (tertiary/aromatic N) is 1. The lowest BCUT2D eigenvalue weighted by Gasteiger charge is -2.13. The maximum atomic E-state index is 13.0. The van der Waals surface area contributed by atoms with Gasteiger partial charge in [0.05, 0.1) is 28.8 Å². The van der Waals surface area contributed by atoms with E-state index in [1.165, 1.54) is 36.0 Å². The fraction of sp³-hybridized carbons (Fsp3) is 0.200. The molecule has 0 aromatic heterocycles. The highest BCUT2D eigenvalue weighted by atomic mass is 35.5. The number of benzene rings is 2. The Morgan fingerprint density at radius 3 is 2.57 bits per heavy atom. The van der Waals surface area contributed by atoms with E-state index >= 15 is 0 Å². The van der Waals surface area contributed by atoms with E-state index in [0.29, 0.717) is 51.1 Å². The van der Waals surface area contributed by atoms with E-state index in [1.54, 1.807) is 18.2 Å². The number of ether oxygens (including phenoxy) is 2. The molecule has 0 spiro atoms. The predicted molar refractivity (Wildman–Crippen MR) is 111 cm³/mol. The van der Waals surface area contributed by atoms with Crippen LogP contribution in [0.15, 0.2) is 46.3 Å². The number of carbonyl (C=O) groups is 1. The van der Waals surface area contributed by atoms with Crippen molar-refractivity contribution in [3.63, 3.8) is 0 Å². The highest BCUT2D eigenvalue weighted by Crippen LogP contribution is 2.38. The van der Waals surface area contributed by atoms with Gasteiger partial charge in [0.1, 0.15) is 5.82 Å². The molecule has 1 heterocycles. The first-order chi connectivity index (χ1) is 13.5. The van der Waals surface area contributed by atoms with Crippen molar-refractivity contribution in [1.29, 1.82) is 0 Å². The zero-order chi connectivity index (χ0) is 20.1. The Morgan fingerprint density at radius 1 is 1.18 bits per heavy atom. The molecule has 0 aliphatic carbocycles. The molecule has 0 radical (unpaired) electrons. The SMILES string of the molecule is CCOc1cc(/C=C2/SC(=Nc3ccc(F)cc3)NC2=O)cc(Cl)c1OCC. The number of amidine groups is 1. The van der Waals surface area contributed by atoms with Crippen LogP contribution >= 0.6 is 23.4 Å². The minimum absolute atomic E-state index is 0.270. The topological polar surface area (TPSA) is 59.9 Å². The highest BCUT2D eigenvalue weighted by molar-refractivity contribution is 8.18. The van der Waals surface area contributed by atoms with Crippen molar-refractivity contribution in [2.45, 2.75) is 13.8 Å². The summed E-state index contributed by atoms with van der Waals surface area (Å²) < 4.78 is 24.2. The van der Waals surface area contributed by atoms with E-state index < -0.39 is 0 Å². The molecule has 2 aromatic rings. The van der Waals surface area contributed by atoms with Crippen LogP contribution in [-0.2, 0) is 4.79 Å². The summed E-state index contributed by atoms with van der Waals surface area (Å²) in [5, 5.41) is 3.52. The van der Waals surface area contributed by atoms with Crippen LogP contribution in [0, 0.1) is 5.82 Å². The first-order valence-corrected chi connectivity index (χ1v) is 9.84. The predicted octanol–water partition coefficient (Wildman–Crippen LogP) is 5.17. The third-order valence-electron chi connectivity index (χ3n) is 3.63. The van der Waals surface area contributed by atoms with Crippen LogP contribution in [0.4, 0.5) is 10.1 Å². The fourth-order valence-corrected chi connectivity index (χ4v) is 3.60. The maximum absolute atomic E-state index is 13.0. The Hall–Kier alpha value is -2.51. The van der Waals surface area contributed by atoms with E-state index in [0.717, 1.165) is 0 Å². The second kappa shape index (κ2) is 9.12. The largest absolute Gasteiger partial charge is 0.490 e. The number of hydrogen-bond donors (Lipinski definition) is 1. The van der Waals surface area contributed by atoms with E-state index in [9.17, 15) is 9.18 Å². The van der Waals surface area contributed by atoms with E-state index in [-0.39, 0.29) is 11.7 Å². The number of thioether (sulfide) groups is 1. The standard InChI is InChI=1S/C20H18ClFN2O3S/c1-3-26-16-10-12(9-15(21)18(16)27-4-2)11-17-19(25)24-20(28-17)23-14-7-5-13(22)6-8-14/h5-11H,3-4H2,1-2H3,(H,23,24,25)/b17-11+. The molecule has 5 nitrogen and oxygen atoms in total. The molecule has 1 saturated heterocycles. The zero-order valence-electron chi connectivity index (χ0n) is 15.3. The van der Waals surface area contributed by atoms with Crippen LogP contribution in [0.2, 0.25) is 5.02 Å². The summed E-state index contributed by atoms with van der Waals surface area (Å²) in [5.74, 6) is 0.390. The number of nitrogens with one attached hydrogen (secondary N) is 1. The van der Waals surface area contributed by atoms with Crippen LogP contribution in [0.3, 0.4) is 0 Å². The van der Waals surface area contributed by atoms with Gasteiger partial charge in [-0.3, -0.25) is 4.79 Å². The molecule has 28 heavy (non-hydrogen) atoms. The van der Waals surface area contributed by atoms with E-state index in [1.807, 2.05) is 13.8 Å². The van der Waals surface area contributed by atoms with Gasteiger partial charge in [0.25, 0.3) is 5.91 Å². The lowest BCUT2D eigenvalue weighted by atomic mass is 10.2. The molecule has 1 amide bonds. The number of carbonyl (C=O) groups excluding carboxylic acids is 1. The molecular weight excluding hydrogens is 403 g/mol. The third-order valence-corrected chi connectivity index (χ3v) is 4.82. The van der Waals surface area contributed by atoms with Crippen LogP contribution < -0.4 is 14.8 Å². The Morgan fingerprint density at radius 2 is 1.89 bits per heavy atom. The van der Waals surface area contributed by atoms with Crippen LogP contribution in [0.25, 0.3) is 6.08 Å². The molecule has 8 heteroatoms. The molecule has 1 fully saturated rings. The number of aliphatic imine (C=N–C) groups is 1. The number of halogens is 2. The summed E-state index contributed by atoms with van der Waals surface area (Å²) in [7, 11) is 0. The molecule has 1 N–H and O–H groups in total. The summed E-state index contributed by atoms with van der Waals surface area (Å²) >= 11 is 7.52. The monoisotopic (exact) mass is 420 g/mol. The van der Waals surface area contributed by atoms with Gasteiger partial charge >= 0.3 is 0 Å². The molecule has 0 saturated carbocycles. The smallest absolute Gasteiger partial charge is 0.264 e. The lowest BCUT2D eigenvalue weighted by Crippen LogP contribution is -2.19. The molecule has 2 aromatic carbocycles. The van der Waals surface area contributed by atoms with Gasteiger partial charge in [-0.1, -0.05) is 11.6 Å². The van der Waals surface area contributed by atoms with Gasteiger partial charge in [-0.15, -0.1) is 0 Å². The highest BCUT2D eigenvalue weighted by Gasteiger charge is 2.24. The van der Waals surface area contributed by atoms with Gasteiger partial charge in [-0.2, -0.15) is 0 Å². The van der Waals surface area contributed by atoms with Crippen LogP contribution in [-0.4, -0.2) is 24.3 Å². The van der Waals surface area contributed by atoms with Crippen molar-refractivity contribution in [1.82, 2.24) is 5.32 Å². The average Bonchev–Trinajstić information content (AvgIpc) is 2.99. The summed E-state index contributed by atoms with van der Waals surface area (Å²) in [6.45, 7) is 4.65. The Labute approximate surface area is 171 Å². The third kappa shape index (κ3) is 4.85. The lowest BCUT2D eigenvalue weighted by molar-refractivity contribution is -0.115. The minimum atomic E-state index is -0.342. The molecule has 1 aliphatic rings. The zero-order valence-corrected chi connectivity index (χ0v) is 16.9. The van der Waals surface area contributed by atoms with Crippen molar-refractivity contribution in [2.75, 3.05) is 13.2 Å². The van der Waals surface area contributed by atoms with Gasteiger partial charge in [-0.05, 0) is 73.6 Å². The summed E-state index contributed by atoms with van der Waals surface area (Å²) in [6.07, 6.45) is 1.71. The second-order valence-electron chi connectivity index (χ2n) is 5.65. The van der Waals surface area contributed by atoms with Gasteiger partial charge in [0.2, 0.25) is 0 Å². The van der Waals surface area contributed by atoms with Gasteiger partial charge in [0, 0.05) is 0 Å². The van der Waals surface area contributed by atoms with Gasteiger partial charge in [-0.25, -0.2) is 9.38 Å². The molecule has 146 valence electrons. The fourth-order valence-electron chi connectivity index (χ4n) is 2.48. The minimum Gasteiger partial charge on any atom is -0.490 e. The van der Waals surface area contributed by atoms with Crippen molar-refractivity contribution < 1.29 is 18.7 Å². The second-order valence-corrected chi connectivity index (χ2v) is 7.09. The van der Waals surface area contributed by atoms with Crippen molar-refractivity contribution in [2.24, 2.45) is 4.99 Å². The number of amides is 1. The molecule has 1 aliphatic heterocycles. The summed E-state index contributed by atoms with van der Waals surface area (Å²) in [6, 6.07) is 9.19. The van der Waals surface area contributed by atoms with Crippen molar-refractivity contribution >= 4 is 46.2 Å². The summed E-state index contributed by atoms with van der Waals surface area (Å²) in [5.41, 5.74) is 1.26. The molecule has 0 unspecified atom stereocenters. The normalized spacial score (nSPS) is 16.5. The Kier molecular flexibility index (Phi) is 6.59. The van der Waals surface area contributed by atoms with Crippen LogP contribution in [0.5, 0.6) is 11.5 Å². The molecule has 0 bridgehead atoms. The van der Waals surface area contributed by atoms with Crippen molar-refractivity contribution in [3.8, 4) is 11.5 Å². The molecular formula is C20H18ClFN2O3S. The number of rotatable bonds is 6. The van der Waals surface area contributed by atoms with Gasteiger partial charge < -0.3 is 14.8 Å². The van der Waals surface area contributed by atoms with Gasteiger partial charge in [0.15, 0.2) is 16.7 Å².